The van der Waals surface area contributed by atoms with Crippen LogP contribution >= 0.6 is 0 Å². The first kappa shape index (κ1) is 7.39. The summed E-state index contributed by atoms with van der Waals surface area (Å²) in [5, 5.41) is 3.29. The van der Waals surface area contributed by atoms with Crippen molar-refractivity contribution < 1.29 is 0 Å². The van der Waals surface area contributed by atoms with E-state index in [9.17, 15) is 0 Å². The van der Waals surface area contributed by atoms with Crippen LogP contribution in [-0.2, 0) is 0 Å². The maximum Gasteiger partial charge on any atom is 0.0443 e. The Morgan fingerprint density at radius 3 is 2.40 bits per heavy atom. The van der Waals surface area contributed by atoms with Gasteiger partial charge in [-0.05, 0) is 44.4 Å². The highest BCUT2D eigenvalue weighted by Crippen LogP contribution is 2.19. The van der Waals surface area contributed by atoms with Crippen molar-refractivity contribution in [3.8, 4) is 0 Å². The van der Waals surface area contributed by atoms with Crippen LogP contribution in [-0.4, -0.2) is 6.04 Å². The molecule has 0 spiro atoms. The van der Waals surface area contributed by atoms with Crippen LogP contribution < -0.4 is 5.32 Å². The minimum absolute atomic E-state index is 0.517. The molecule has 0 aromatic carbocycles. The lowest BCUT2D eigenvalue weighted by Gasteiger charge is -2.22. The fourth-order valence-corrected chi connectivity index (χ4v) is 1.12. The third-order valence-electron chi connectivity index (χ3n) is 2.38. The number of rotatable bonds is 0. The Labute approximate surface area is 62.8 Å². The molecule has 0 aromatic heterocycles. The van der Waals surface area contributed by atoms with Gasteiger partial charge in [-0.2, -0.15) is 0 Å². The zero-order chi connectivity index (χ0) is 7.72. The third kappa shape index (κ3) is 1.08. The van der Waals surface area contributed by atoms with Gasteiger partial charge in [0.25, 0.3) is 0 Å². The van der Waals surface area contributed by atoms with Gasteiger partial charge in [-0.15, -0.1) is 0 Å². The Bertz CT molecular complexity index is 199. The summed E-state index contributed by atoms with van der Waals surface area (Å²) in [6, 6.07) is 0.517. The van der Waals surface area contributed by atoms with Crippen LogP contribution in [0.25, 0.3) is 0 Å². The fraction of sp³-hybridized carbons (Fsp3) is 0.556. The summed E-state index contributed by atoms with van der Waals surface area (Å²) in [6.45, 7) is 8.68. The van der Waals surface area contributed by atoms with Gasteiger partial charge >= 0.3 is 0 Å². The zero-order valence-corrected chi connectivity index (χ0v) is 7.15. The second-order valence-electron chi connectivity index (χ2n) is 3.02. The topological polar surface area (TPSA) is 12.0 Å². The van der Waals surface area contributed by atoms with Gasteiger partial charge in [0, 0.05) is 12.2 Å². The molecule has 1 aliphatic heterocycles. The van der Waals surface area contributed by atoms with Gasteiger partial charge in [0.2, 0.25) is 0 Å². The van der Waals surface area contributed by atoms with Gasteiger partial charge in [0.05, 0.1) is 0 Å². The molecule has 0 bridgehead atoms. The van der Waals surface area contributed by atoms with Crippen LogP contribution in [0, 0.1) is 0 Å². The normalized spacial score (nSPS) is 26.0. The molecule has 1 rings (SSSR count). The molecule has 1 nitrogen and oxygen atoms in total. The molecule has 1 unspecified atom stereocenters. The number of hydrogen-bond donors (Lipinski definition) is 1. The maximum absolute atomic E-state index is 3.29. The largest absolute Gasteiger partial charge is 0.384 e. The first-order valence-corrected chi connectivity index (χ1v) is 3.73. The van der Waals surface area contributed by atoms with Crippen molar-refractivity contribution in [3.63, 3.8) is 0 Å². The summed E-state index contributed by atoms with van der Waals surface area (Å²) in [7, 11) is 0. The van der Waals surface area contributed by atoms with E-state index >= 15 is 0 Å². The molecular formula is C9H15N. The van der Waals surface area contributed by atoms with E-state index < -0.39 is 0 Å². The van der Waals surface area contributed by atoms with E-state index in [4.69, 9.17) is 0 Å². The van der Waals surface area contributed by atoms with E-state index in [2.05, 4.69) is 39.2 Å². The van der Waals surface area contributed by atoms with E-state index in [1.165, 1.54) is 16.7 Å². The Kier molecular flexibility index (Phi) is 1.84. The van der Waals surface area contributed by atoms with Crippen molar-refractivity contribution in [2.75, 3.05) is 0 Å². The van der Waals surface area contributed by atoms with E-state index in [1.807, 2.05) is 0 Å². The molecule has 1 aliphatic rings. The second-order valence-corrected chi connectivity index (χ2v) is 3.02. The molecule has 1 N–H and O–H groups in total. The van der Waals surface area contributed by atoms with Crippen LogP contribution in [0.3, 0.4) is 0 Å². The third-order valence-corrected chi connectivity index (χ3v) is 2.38. The smallest absolute Gasteiger partial charge is 0.0443 e. The Balaban J connectivity index is 2.94. The lowest BCUT2D eigenvalue weighted by Crippen LogP contribution is -2.26. The monoisotopic (exact) mass is 137 g/mol. The van der Waals surface area contributed by atoms with Gasteiger partial charge in [0.15, 0.2) is 0 Å². The predicted molar refractivity (Wildman–Crippen MR) is 44.7 cm³/mol. The van der Waals surface area contributed by atoms with Crippen LogP contribution in [0.5, 0.6) is 0 Å². The van der Waals surface area contributed by atoms with Crippen LogP contribution in [0.1, 0.15) is 27.7 Å². The lowest BCUT2D eigenvalue weighted by atomic mass is 9.97. The van der Waals surface area contributed by atoms with Crippen molar-refractivity contribution in [2.45, 2.75) is 33.7 Å². The number of hydrogen-bond acceptors (Lipinski definition) is 1. The summed E-state index contributed by atoms with van der Waals surface area (Å²) >= 11 is 0. The quantitative estimate of drug-likeness (QED) is 0.540. The van der Waals surface area contributed by atoms with Gasteiger partial charge in [0.1, 0.15) is 0 Å². The molecule has 1 heterocycles. The van der Waals surface area contributed by atoms with E-state index in [1.54, 1.807) is 0 Å². The molecule has 0 saturated heterocycles. The van der Waals surface area contributed by atoms with Crippen LogP contribution in [0.4, 0.5) is 0 Å². The van der Waals surface area contributed by atoms with Crippen LogP contribution in [0.15, 0.2) is 22.9 Å². The van der Waals surface area contributed by atoms with E-state index in [-0.39, 0.29) is 0 Å². The SMILES string of the molecule is CC1=CNC(C)C(C)=C1C. The Hall–Kier alpha value is -0.720. The van der Waals surface area contributed by atoms with Crippen molar-refractivity contribution in [1.82, 2.24) is 5.32 Å². The van der Waals surface area contributed by atoms with Gasteiger partial charge in [-0.25, -0.2) is 0 Å². The van der Waals surface area contributed by atoms with Crippen molar-refractivity contribution >= 4 is 0 Å². The summed E-state index contributed by atoms with van der Waals surface area (Å²) in [5.41, 5.74) is 4.25. The van der Waals surface area contributed by atoms with Crippen molar-refractivity contribution in [1.29, 1.82) is 0 Å². The highest BCUT2D eigenvalue weighted by molar-refractivity contribution is 5.36. The molecule has 56 valence electrons. The first-order valence-electron chi connectivity index (χ1n) is 3.73. The number of dihydropyridines is 1. The van der Waals surface area contributed by atoms with Gasteiger partial charge in [-0.3, -0.25) is 0 Å². The highest BCUT2D eigenvalue weighted by Gasteiger charge is 2.10. The molecule has 1 heteroatoms. The van der Waals surface area contributed by atoms with E-state index in [0.29, 0.717) is 6.04 Å². The molecule has 0 aliphatic carbocycles. The summed E-state index contributed by atoms with van der Waals surface area (Å²) < 4.78 is 0. The Morgan fingerprint density at radius 1 is 1.30 bits per heavy atom. The summed E-state index contributed by atoms with van der Waals surface area (Å²) in [4.78, 5) is 0. The van der Waals surface area contributed by atoms with Crippen molar-refractivity contribution in [3.05, 3.63) is 22.9 Å². The van der Waals surface area contributed by atoms with Crippen molar-refractivity contribution in [2.24, 2.45) is 0 Å². The van der Waals surface area contributed by atoms with Crippen LogP contribution in [0.2, 0.25) is 0 Å². The number of allylic oxidation sites excluding steroid dienone is 2. The van der Waals surface area contributed by atoms with Gasteiger partial charge < -0.3 is 5.32 Å². The maximum atomic E-state index is 3.29. The summed E-state index contributed by atoms with van der Waals surface area (Å²) in [5.74, 6) is 0. The minimum atomic E-state index is 0.517. The minimum Gasteiger partial charge on any atom is -0.384 e. The average Bonchev–Trinajstić information content (AvgIpc) is 1.93. The molecule has 0 radical (unpaired) electrons. The van der Waals surface area contributed by atoms with E-state index in [0.717, 1.165) is 0 Å². The summed E-state index contributed by atoms with van der Waals surface area (Å²) in [6.07, 6.45) is 2.09. The predicted octanol–water partition coefficient (Wildman–Crippen LogP) is 2.22. The molecule has 1 atom stereocenters. The average molecular weight is 137 g/mol. The molecule has 0 aromatic rings. The standard InChI is InChI=1S/C9H15N/c1-6-5-10-9(4)8(3)7(6)2/h5,9-10H,1-4H3. The van der Waals surface area contributed by atoms with Gasteiger partial charge in [-0.1, -0.05) is 0 Å². The fourth-order valence-electron chi connectivity index (χ4n) is 1.12. The second kappa shape index (κ2) is 2.49. The molecule has 10 heavy (non-hydrogen) atoms. The molecule has 0 amide bonds. The number of nitrogens with one attached hydrogen (secondary N) is 1. The highest BCUT2D eigenvalue weighted by atomic mass is 14.9. The first-order chi connectivity index (χ1) is 4.63. The molecule has 0 saturated carbocycles. The lowest BCUT2D eigenvalue weighted by molar-refractivity contribution is 0.700. The Morgan fingerprint density at radius 2 is 1.90 bits per heavy atom. The molecule has 0 fully saturated rings. The zero-order valence-electron chi connectivity index (χ0n) is 7.15. The molecular weight excluding hydrogens is 122 g/mol.